The van der Waals surface area contributed by atoms with Crippen molar-refractivity contribution < 1.29 is 18.7 Å². The second-order valence-corrected chi connectivity index (χ2v) is 7.46. The summed E-state index contributed by atoms with van der Waals surface area (Å²) in [6.07, 6.45) is -0.00910. The summed E-state index contributed by atoms with van der Waals surface area (Å²) in [5.41, 5.74) is 0.867. The third kappa shape index (κ3) is 4.29. The fourth-order valence-corrected chi connectivity index (χ4v) is 3.49. The van der Waals surface area contributed by atoms with Crippen molar-refractivity contribution in [3.63, 3.8) is 0 Å². The van der Waals surface area contributed by atoms with Crippen LogP contribution in [0.4, 0.5) is 9.18 Å². The van der Waals surface area contributed by atoms with Crippen LogP contribution in [0.1, 0.15) is 25.2 Å². The van der Waals surface area contributed by atoms with Gasteiger partial charge in [-0.05, 0) is 24.5 Å². The van der Waals surface area contributed by atoms with Gasteiger partial charge in [0.1, 0.15) is 18.1 Å². The molecule has 2 N–H and O–H groups in total. The molecule has 1 fully saturated rings. The molecule has 7 nitrogen and oxygen atoms in total. The number of rotatable bonds is 4. The molecular weight excluding hydrogens is 419 g/mol. The Balaban J connectivity index is 1.81. The molecule has 1 saturated heterocycles. The Morgan fingerprint density at radius 3 is 2.78 bits per heavy atom. The van der Waals surface area contributed by atoms with Gasteiger partial charge in [-0.1, -0.05) is 35.0 Å². The number of hydrogen-bond donors (Lipinski definition) is 2. The molecule has 0 aliphatic carbocycles. The smallest absolute Gasteiger partial charge is 0.407 e. The highest BCUT2D eigenvalue weighted by atomic mass is 79.9. The molecule has 2 atom stereocenters. The standard InChI is InChI=1S/C18H20BrFN4O3/c1-10-7-13(24(9-10)14(25)8-21-18(26)27-2)17-22-15(16(20)23-17)11-3-5-12(19)6-4-11/h3-6,10,13H,7-9H2,1-2H3,(H,21,26)(H,22,23). The Kier molecular flexibility index (Phi) is 5.79. The average Bonchev–Trinajstić information content (AvgIpc) is 3.23. The Morgan fingerprint density at radius 1 is 1.41 bits per heavy atom. The Labute approximate surface area is 164 Å². The van der Waals surface area contributed by atoms with Crippen molar-refractivity contribution >= 4 is 27.9 Å². The number of amides is 2. The summed E-state index contributed by atoms with van der Waals surface area (Å²) in [4.78, 5) is 32.4. The van der Waals surface area contributed by atoms with E-state index in [2.05, 4.69) is 36.0 Å². The Bertz CT molecular complexity index is 840. The molecule has 2 aromatic rings. The molecule has 2 amide bonds. The molecule has 2 heterocycles. The monoisotopic (exact) mass is 438 g/mol. The highest BCUT2D eigenvalue weighted by Gasteiger charge is 2.36. The first-order valence-corrected chi connectivity index (χ1v) is 9.31. The van der Waals surface area contributed by atoms with Crippen molar-refractivity contribution in [2.24, 2.45) is 5.92 Å². The van der Waals surface area contributed by atoms with Crippen molar-refractivity contribution in [3.05, 3.63) is 40.5 Å². The number of aromatic nitrogens is 2. The summed E-state index contributed by atoms with van der Waals surface area (Å²) in [6, 6.07) is 6.80. The molecule has 3 rings (SSSR count). The van der Waals surface area contributed by atoms with Crippen LogP contribution in [-0.2, 0) is 9.53 Å². The van der Waals surface area contributed by atoms with E-state index in [0.717, 1.165) is 4.47 Å². The third-order valence-electron chi connectivity index (χ3n) is 4.51. The van der Waals surface area contributed by atoms with Crippen LogP contribution in [0.25, 0.3) is 11.3 Å². The van der Waals surface area contributed by atoms with Crippen molar-refractivity contribution in [2.45, 2.75) is 19.4 Å². The van der Waals surface area contributed by atoms with Gasteiger partial charge in [0.05, 0.1) is 13.2 Å². The number of likely N-dealkylation sites (tertiary alicyclic amines) is 1. The Hall–Kier alpha value is -2.42. The number of nitrogens with one attached hydrogen (secondary N) is 2. The molecule has 1 aliphatic rings. The van der Waals surface area contributed by atoms with Crippen LogP contribution in [0.2, 0.25) is 0 Å². The molecule has 0 spiro atoms. The van der Waals surface area contributed by atoms with Crippen molar-refractivity contribution in [2.75, 3.05) is 20.2 Å². The van der Waals surface area contributed by atoms with Gasteiger partial charge < -0.3 is 19.9 Å². The molecule has 1 aliphatic heterocycles. The number of aromatic amines is 1. The van der Waals surface area contributed by atoms with Crippen LogP contribution in [-0.4, -0.2) is 47.1 Å². The first-order chi connectivity index (χ1) is 12.9. The summed E-state index contributed by atoms with van der Waals surface area (Å²) in [5.74, 6) is -0.161. The number of benzene rings is 1. The number of imidazole rings is 1. The highest BCUT2D eigenvalue weighted by Crippen LogP contribution is 2.35. The van der Waals surface area contributed by atoms with E-state index in [1.165, 1.54) is 7.11 Å². The average molecular weight is 439 g/mol. The van der Waals surface area contributed by atoms with Gasteiger partial charge in [0, 0.05) is 16.6 Å². The van der Waals surface area contributed by atoms with Crippen LogP contribution < -0.4 is 5.32 Å². The first kappa shape index (κ1) is 19.3. The van der Waals surface area contributed by atoms with Crippen LogP contribution in [0.5, 0.6) is 0 Å². The number of hydrogen-bond acceptors (Lipinski definition) is 4. The van der Waals surface area contributed by atoms with Gasteiger partial charge in [-0.25, -0.2) is 9.78 Å². The van der Waals surface area contributed by atoms with Crippen molar-refractivity contribution in [1.29, 1.82) is 0 Å². The number of nitrogens with zero attached hydrogens (tertiary/aromatic N) is 2. The van der Waals surface area contributed by atoms with Crippen LogP contribution in [0, 0.1) is 11.9 Å². The second kappa shape index (κ2) is 8.08. The van der Waals surface area contributed by atoms with Gasteiger partial charge in [-0.3, -0.25) is 4.79 Å². The molecule has 1 aromatic carbocycles. The maximum Gasteiger partial charge on any atom is 0.407 e. The van der Waals surface area contributed by atoms with E-state index in [1.807, 2.05) is 19.1 Å². The minimum absolute atomic E-state index is 0.182. The zero-order valence-corrected chi connectivity index (χ0v) is 16.5. The number of methoxy groups -OCH3 is 1. The minimum atomic E-state index is -0.672. The zero-order valence-electron chi connectivity index (χ0n) is 15.0. The van der Waals surface area contributed by atoms with E-state index in [0.29, 0.717) is 24.4 Å². The largest absolute Gasteiger partial charge is 0.453 e. The molecule has 27 heavy (non-hydrogen) atoms. The summed E-state index contributed by atoms with van der Waals surface area (Å²) < 4.78 is 19.8. The van der Waals surface area contributed by atoms with E-state index in [9.17, 15) is 14.0 Å². The van der Waals surface area contributed by atoms with Gasteiger partial charge >= 0.3 is 6.09 Å². The normalized spacial score (nSPS) is 19.2. The number of carbonyl (C=O) groups is 2. The van der Waals surface area contributed by atoms with Gasteiger partial charge in [-0.15, -0.1) is 0 Å². The SMILES string of the molecule is COC(=O)NCC(=O)N1CC(C)CC1c1nc(-c2ccc(Br)cc2)c(F)[nH]1. The molecular formula is C18H20BrFN4O3. The van der Waals surface area contributed by atoms with E-state index in [1.54, 1.807) is 17.0 Å². The van der Waals surface area contributed by atoms with Crippen LogP contribution in [0.3, 0.4) is 0 Å². The zero-order chi connectivity index (χ0) is 19.6. The summed E-state index contributed by atoms with van der Waals surface area (Å²) in [6.45, 7) is 2.35. The lowest BCUT2D eigenvalue weighted by atomic mass is 10.1. The molecule has 0 radical (unpaired) electrons. The molecule has 144 valence electrons. The maximum absolute atomic E-state index is 14.5. The number of carbonyl (C=O) groups excluding carboxylic acids is 2. The number of alkyl carbamates (subject to hydrolysis) is 1. The number of H-pyrrole nitrogens is 1. The van der Waals surface area contributed by atoms with Gasteiger partial charge in [0.15, 0.2) is 0 Å². The predicted octanol–water partition coefficient (Wildman–Crippen LogP) is 3.24. The minimum Gasteiger partial charge on any atom is -0.453 e. The van der Waals surface area contributed by atoms with E-state index in [4.69, 9.17) is 0 Å². The molecule has 2 unspecified atom stereocenters. The summed E-state index contributed by atoms with van der Waals surface area (Å²) >= 11 is 3.35. The first-order valence-electron chi connectivity index (χ1n) is 8.51. The topological polar surface area (TPSA) is 87.3 Å². The van der Waals surface area contributed by atoms with E-state index < -0.39 is 12.0 Å². The fraction of sp³-hybridized carbons (Fsp3) is 0.389. The van der Waals surface area contributed by atoms with Crippen LogP contribution >= 0.6 is 15.9 Å². The van der Waals surface area contributed by atoms with Gasteiger partial charge in [-0.2, -0.15) is 4.39 Å². The lowest BCUT2D eigenvalue weighted by Gasteiger charge is -2.23. The highest BCUT2D eigenvalue weighted by molar-refractivity contribution is 9.10. The molecule has 1 aromatic heterocycles. The molecule has 0 bridgehead atoms. The number of ether oxygens (including phenoxy) is 1. The molecule has 9 heteroatoms. The third-order valence-corrected chi connectivity index (χ3v) is 5.04. The molecule has 0 saturated carbocycles. The van der Waals surface area contributed by atoms with Crippen molar-refractivity contribution in [1.82, 2.24) is 20.2 Å². The quantitative estimate of drug-likeness (QED) is 0.766. The number of halogens is 2. The maximum atomic E-state index is 14.5. The lowest BCUT2D eigenvalue weighted by molar-refractivity contribution is -0.131. The van der Waals surface area contributed by atoms with Crippen molar-refractivity contribution in [3.8, 4) is 11.3 Å². The summed E-state index contributed by atoms with van der Waals surface area (Å²) in [7, 11) is 1.23. The Morgan fingerprint density at radius 2 is 2.11 bits per heavy atom. The second-order valence-electron chi connectivity index (χ2n) is 6.54. The van der Waals surface area contributed by atoms with E-state index in [-0.39, 0.29) is 30.1 Å². The van der Waals surface area contributed by atoms with E-state index >= 15 is 0 Å². The van der Waals surface area contributed by atoms with Gasteiger partial charge in [0.2, 0.25) is 11.9 Å². The fourth-order valence-electron chi connectivity index (χ4n) is 3.23. The van der Waals surface area contributed by atoms with Crippen LogP contribution in [0.15, 0.2) is 28.7 Å². The predicted molar refractivity (Wildman–Crippen MR) is 100 cm³/mol. The lowest BCUT2D eigenvalue weighted by Crippen LogP contribution is -2.40. The van der Waals surface area contributed by atoms with Gasteiger partial charge in [0.25, 0.3) is 0 Å². The summed E-state index contributed by atoms with van der Waals surface area (Å²) in [5, 5.41) is 2.38.